The number of aromatic nitrogens is 2. The monoisotopic (exact) mass is 411 g/mol. The second-order valence-electron chi connectivity index (χ2n) is 6.16. The lowest BCUT2D eigenvalue weighted by molar-refractivity contribution is -0.116. The average molecular weight is 411 g/mol. The number of nitrogens with one attached hydrogen (secondary N) is 1. The van der Waals surface area contributed by atoms with Gasteiger partial charge in [0.05, 0.1) is 35.6 Å². The third-order valence-electron chi connectivity index (χ3n) is 4.34. The second-order valence-corrected chi connectivity index (χ2v) is 7.21. The maximum absolute atomic E-state index is 14.1. The highest BCUT2D eigenvalue weighted by Crippen LogP contribution is 2.31. The van der Waals surface area contributed by atoms with Crippen molar-refractivity contribution in [3.8, 4) is 0 Å². The van der Waals surface area contributed by atoms with Gasteiger partial charge < -0.3 is 10.1 Å². The Morgan fingerprint density at radius 1 is 1.21 bits per heavy atom. The molecule has 9 heteroatoms. The van der Waals surface area contributed by atoms with E-state index in [1.165, 1.54) is 25.6 Å². The molecule has 4 aromatic rings. The number of esters is 1. The minimum atomic E-state index is -0.589. The van der Waals surface area contributed by atoms with Crippen molar-refractivity contribution in [2.24, 2.45) is 0 Å². The Kier molecular flexibility index (Phi) is 4.81. The fourth-order valence-electron chi connectivity index (χ4n) is 3.01. The van der Waals surface area contributed by atoms with Gasteiger partial charge in [0.15, 0.2) is 0 Å². The average Bonchev–Trinajstić information content (AvgIpc) is 3.11. The molecule has 1 N–H and O–H groups in total. The summed E-state index contributed by atoms with van der Waals surface area (Å²) in [4.78, 5) is 41.2. The van der Waals surface area contributed by atoms with Crippen LogP contribution in [0, 0.1) is 5.82 Å². The Morgan fingerprint density at radius 3 is 2.79 bits per heavy atom. The van der Waals surface area contributed by atoms with Crippen LogP contribution in [0.1, 0.15) is 10.4 Å². The molecule has 0 aliphatic heterocycles. The SMILES string of the molecule is COC(=O)c1ccccc1NC(=O)Cn1cnc2c(sc3cccc(F)c32)c1=O. The van der Waals surface area contributed by atoms with Crippen molar-refractivity contribution in [1.29, 1.82) is 0 Å². The van der Waals surface area contributed by atoms with Crippen LogP contribution >= 0.6 is 11.3 Å². The second kappa shape index (κ2) is 7.44. The van der Waals surface area contributed by atoms with E-state index < -0.39 is 23.3 Å². The van der Waals surface area contributed by atoms with Gasteiger partial charge in [-0.2, -0.15) is 0 Å². The summed E-state index contributed by atoms with van der Waals surface area (Å²) < 4.78 is 20.8. The lowest BCUT2D eigenvalue weighted by Gasteiger charge is -2.10. The Bertz CT molecular complexity index is 1330. The first-order valence-corrected chi connectivity index (χ1v) is 9.34. The van der Waals surface area contributed by atoms with Gasteiger partial charge in [-0.15, -0.1) is 11.3 Å². The highest BCUT2D eigenvalue weighted by Gasteiger charge is 2.17. The van der Waals surface area contributed by atoms with Gasteiger partial charge in [0.1, 0.15) is 17.1 Å². The highest BCUT2D eigenvalue weighted by atomic mass is 32.1. The highest BCUT2D eigenvalue weighted by molar-refractivity contribution is 7.25. The number of hydrogen-bond acceptors (Lipinski definition) is 6. The van der Waals surface area contributed by atoms with Crippen molar-refractivity contribution < 1.29 is 18.7 Å². The summed E-state index contributed by atoms with van der Waals surface area (Å²) in [5.74, 6) is -1.55. The fraction of sp³-hybridized carbons (Fsp3) is 0.100. The first-order valence-electron chi connectivity index (χ1n) is 8.53. The van der Waals surface area contributed by atoms with Gasteiger partial charge in [0.25, 0.3) is 5.56 Å². The van der Waals surface area contributed by atoms with E-state index in [9.17, 15) is 18.8 Å². The largest absolute Gasteiger partial charge is 0.465 e. The lowest BCUT2D eigenvalue weighted by atomic mass is 10.2. The molecule has 0 atom stereocenters. The predicted molar refractivity (Wildman–Crippen MR) is 108 cm³/mol. The molecular weight excluding hydrogens is 397 g/mol. The molecule has 0 saturated heterocycles. The van der Waals surface area contributed by atoms with E-state index in [1.54, 1.807) is 30.3 Å². The zero-order valence-electron chi connectivity index (χ0n) is 15.1. The van der Waals surface area contributed by atoms with Crippen LogP contribution in [-0.4, -0.2) is 28.5 Å². The Balaban J connectivity index is 1.65. The summed E-state index contributed by atoms with van der Waals surface area (Å²) in [7, 11) is 1.25. The summed E-state index contributed by atoms with van der Waals surface area (Å²) in [6.45, 7) is -0.312. The number of carbonyl (C=O) groups is 2. The third kappa shape index (κ3) is 3.36. The van der Waals surface area contributed by atoms with Crippen molar-refractivity contribution >= 4 is 49.2 Å². The maximum Gasteiger partial charge on any atom is 0.339 e. The third-order valence-corrected chi connectivity index (χ3v) is 5.47. The van der Waals surface area contributed by atoms with E-state index in [2.05, 4.69) is 10.3 Å². The number of halogens is 1. The number of carbonyl (C=O) groups excluding carboxylic acids is 2. The molecule has 2 heterocycles. The summed E-state index contributed by atoms with van der Waals surface area (Å²) in [6, 6.07) is 11.0. The molecule has 146 valence electrons. The predicted octanol–water partition coefficient (Wildman–Crippen LogP) is 3.18. The van der Waals surface area contributed by atoms with E-state index >= 15 is 0 Å². The van der Waals surface area contributed by atoms with Gasteiger partial charge in [-0.3, -0.25) is 14.2 Å². The van der Waals surface area contributed by atoms with Gasteiger partial charge in [0, 0.05) is 4.70 Å². The molecule has 0 aliphatic rings. The van der Waals surface area contributed by atoms with Gasteiger partial charge in [-0.1, -0.05) is 18.2 Å². The zero-order chi connectivity index (χ0) is 20.5. The molecular formula is C20H14FN3O4S. The number of rotatable bonds is 4. The normalized spacial score (nSPS) is 11.0. The molecule has 0 saturated carbocycles. The molecule has 0 unspecified atom stereocenters. The Morgan fingerprint density at radius 2 is 2.00 bits per heavy atom. The molecule has 1 amide bonds. The van der Waals surface area contributed by atoms with Crippen LogP contribution in [-0.2, 0) is 16.1 Å². The number of fused-ring (bicyclic) bond motifs is 3. The quantitative estimate of drug-likeness (QED) is 0.521. The maximum atomic E-state index is 14.1. The number of methoxy groups -OCH3 is 1. The van der Waals surface area contributed by atoms with E-state index in [0.717, 1.165) is 15.9 Å². The Hall–Kier alpha value is -3.59. The van der Waals surface area contributed by atoms with E-state index in [0.29, 0.717) is 10.1 Å². The standard InChI is InChI=1S/C20H14FN3O4S/c1-28-20(27)11-5-2-3-7-13(11)23-15(25)9-24-10-22-17-16-12(21)6-4-8-14(16)29-18(17)19(24)26/h2-8,10H,9H2,1H3,(H,23,25). The van der Waals surface area contributed by atoms with Gasteiger partial charge in [-0.05, 0) is 24.3 Å². The molecule has 0 bridgehead atoms. The summed E-state index contributed by atoms with van der Waals surface area (Å²) >= 11 is 1.13. The molecule has 29 heavy (non-hydrogen) atoms. The van der Waals surface area contributed by atoms with Gasteiger partial charge in [0.2, 0.25) is 5.91 Å². The van der Waals surface area contributed by atoms with E-state index in [-0.39, 0.29) is 28.0 Å². The number of thiophene rings is 1. The van der Waals surface area contributed by atoms with Crippen LogP contribution in [0.2, 0.25) is 0 Å². The fourth-order valence-corrected chi connectivity index (χ4v) is 4.13. The number of para-hydroxylation sites is 1. The van der Waals surface area contributed by atoms with Crippen LogP contribution < -0.4 is 10.9 Å². The molecule has 7 nitrogen and oxygen atoms in total. The number of anilines is 1. The number of amides is 1. The summed E-state index contributed by atoms with van der Waals surface area (Å²) in [5, 5.41) is 2.90. The Labute approximate surface area is 167 Å². The summed E-state index contributed by atoms with van der Waals surface area (Å²) in [6.07, 6.45) is 1.22. The molecule has 0 aliphatic carbocycles. The number of hydrogen-bond donors (Lipinski definition) is 1. The van der Waals surface area contributed by atoms with E-state index in [1.807, 2.05) is 0 Å². The summed E-state index contributed by atoms with van der Waals surface area (Å²) in [5.41, 5.74) is 0.312. The molecule has 4 rings (SSSR count). The minimum absolute atomic E-state index is 0.198. The van der Waals surface area contributed by atoms with Crippen molar-refractivity contribution in [1.82, 2.24) is 9.55 Å². The van der Waals surface area contributed by atoms with Crippen LogP contribution in [0.3, 0.4) is 0 Å². The number of ether oxygens (including phenoxy) is 1. The number of benzene rings is 2. The molecule has 2 aromatic carbocycles. The first-order chi connectivity index (χ1) is 14.0. The van der Waals surface area contributed by atoms with Gasteiger partial charge >= 0.3 is 5.97 Å². The first kappa shape index (κ1) is 18.8. The van der Waals surface area contributed by atoms with Crippen molar-refractivity contribution in [2.75, 3.05) is 12.4 Å². The molecule has 0 radical (unpaired) electrons. The van der Waals surface area contributed by atoms with E-state index in [4.69, 9.17) is 4.74 Å². The minimum Gasteiger partial charge on any atom is -0.465 e. The van der Waals surface area contributed by atoms with Crippen LogP contribution in [0.25, 0.3) is 20.3 Å². The molecule has 2 aromatic heterocycles. The zero-order valence-corrected chi connectivity index (χ0v) is 16.0. The molecule has 0 spiro atoms. The van der Waals surface area contributed by atoms with Crippen molar-refractivity contribution in [3.63, 3.8) is 0 Å². The molecule has 0 fully saturated rings. The smallest absolute Gasteiger partial charge is 0.339 e. The topological polar surface area (TPSA) is 90.3 Å². The van der Waals surface area contributed by atoms with Crippen LogP contribution in [0.15, 0.2) is 53.6 Å². The lowest BCUT2D eigenvalue weighted by Crippen LogP contribution is -2.28. The van der Waals surface area contributed by atoms with Gasteiger partial charge in [-0.25, -0.2) is 14.2 Å². The van der Waals surface area contributed by atoms with Crippen molar-refractivity contribution in [3.05, 3.63) is 70.5 Å². The van der Waals surface area contributed by atoms with Crippen LogP contribution in [0.4, 0.5) is 10.1 Å². The van der Waals surface area contributed by atoms with Crippen molar-refractivity contribution in [2.45, 2.75) is 6.54 Å². The van der Waals surface area contributed by atoms with Crippen LogP contribution in [0.5, 0.6) is 0 Å². The number of nitrogens with zero attached hydrogens (tertiary/aromatic N) is 2.